The van der Waals surface area contributed by atoms with Crippen LogP contribution in [0, 0.1) is 0 Å². The first kappa shape index (κ1) is 20.4. The fraction of sp³-hybridized carbons (Fsp3) is 0.364. The lowest BCUT2D eigenvalue weighted by Crippen LogP contribution is -2.27. The number of hydrogen-bond donors (Lipinski definition) is 2. The number of aromatic nitrogens is 2. The van der Waals surface area contributed by atoms with Gasteiger partial charge >= 0.3 is 0 Å². The van der Waals surface area contributed by atoms with E-state index < -0.39 is 0 Å². The molecule has 4 heterocycles. The number of fused-ring (bicyclic) bond motifs is 1. The number of nitrogens with one attached hydrogen (secondary N) is 2. The third kappa shape index (κ3) is 4.28. The molecule has 0 amide bonds. The maximum Gasteiger partial charge on any atom is 0.283 e. The van der Waals surface area contributed by atoms with Crippen LogP contribution in [0.4, 0.5) is 5.82 Å². The van der Waals surface area contributed by atoms with Gasteiger partial charge in [-0.15, -0.1) is 11.3 Å². The van der Waals surface area contributed by atoms with Gasteiger partial charge in [0.15, 0.2) is 11.5 Å². The number of thiophene rings is 1. The molecule has 0 atom stereocenters. The summed E-state index contributed by atoms with van der Waals surface area (Å²) in [4.78, 5) is 14.6. The smallest absolute Gasteiger partial charge is 0.283 e. The molecule has 3 aromatic rings. The monoisotopic (exact) mass is 458 g/mol. The molecule has 31 heavy (non-hydrogen) atoms. The number of carbonyl (C=O) groups excluding carboxylic acids is 1. The Morgan fingerprint density at radius 3 is 2.87 bits per heavy atom. The lowest BCUT2D eigenvalue weighted by Gasteiger charge is -2.21. The number of piperidine rings is 1. The molecule has 0 aliphatic carbocycles. The van der Waals surface area contributed by atoms with Crippen molar-refractivity contribution in [2.45, 2.75) is 25.3 Å². The van der Waals surface area contributed by atoms with Gasteiger partial charge in [-0.3, -0.25) is 4.79 Å². The number of benzene rings is 1. The number of ether oxygens (including phenoxy) is 2. The van der Waals surface area contributed by atoms with Gasteiger partial charge in [0.05, 0.1) is 22.1 Å². The predicted octanol–water partition coefficient (Wildman–Crippen LogP) is 4.14. The third-order valence-corrected chi connectivity index (χ3v) is 6.78. The van der Waals surface area contributed by atoms with Crippen molar-refractivity contribution >= 4 is 34.7 Å². The summed E-state index contributed by atoms with van der Waals surface area (Å²) in [5.41, 5.74) is 1.38. The van der Waals surface area contributed by atoms with Gasteiger partial charge < -0.3 is 20.1 Å². The lowest BCUT2D eigenvalue weighted by atomic mass is 9.95. The SMILES string of the molecule is O=C(c1cccc2c1OCCO2)n1nc(C2CCNCC2)cc1NCc1ccc(Cl)s1. The quantitative estimate of drug-likeness (QED) is 0.598. The Bertz CT molecular complexity index is 1090. The third-order valence-electron chi connectivity index (χ3n) is 5.55. The van der Waals surface area contributed by atoms with Gasteiger partial charge in [0.1, 0.15) is 19.0 Å². The average molecular weight is 459 g/mol. The minimum Gasteiger partial charge on any atom is -0.486 e. The van der Waals surface area contributed by atoms with Crippen LogP contribution in [0.5, 0.6) is 11.5 Å². The Hall–Kier alpha value is -2.55. The Morgan fingerprint density at radius 1 is 1.23 bits per heavy atom. The van der Waals surface area contributed by atoms with Crippen LogP contribution in [0.3, 0.4) is 0 Å². The van der Waals surface area contributed by atoms with Crippen molar-refractivity contribution < 1.29 is 14.3 Å². The number of carbonyl (C=O) groups is 1. The molecule has 2 aliphatic heterocycles. The summed E-state index contributed by atoms with van der Waals surface area (Å²) in [6, 6.07) is 11.2. The lowest BCUT2D eigenvalue weighted by molar-refractivity contribution is 0.0935. The molecule has 2 aliphatic rings. The highest BCUT2D eigenvalue weighted by atomic mass is 35.5. The predicted molar refractivity (Wildman–Crippen MR) is 121 cm³/mol. The van der Waals surface area contributed by atoms with E-state index in [0.29, 0.717) is 48.6 Å². The average Bonchev–Trinajstić information content (AvgIpc) is 3.43. The van der Waals surface area contributed by atoms with Crippen molar-refractivity contribution in [3.05, 3.63) is 56.9 Å². The highest BCUT2D eigenvalue weighted by Crippen LogP contribution is 2.35. The van der Waals surface area contributed by atoms with Crippen LogP contribution in [-0.2, 0) is 6.54 Å². The fourth-order valence-electron chi connectivity index (χ4n) is 3.98. The molecule has 2 aromatic heterocycles. The van der Waals surface area contributed by atoms with Crippen LogP contribution >= 0.6 is 22.9 Å². The van der Waals surface area contributed by atoms with E-state index in [0.717, 1.165) is 40.8 Å². The summed E-state index contributed by atoms with van der Waals surface area (Å²) in [5.74, 6) is 1.82. The van der Waals surface area contributed by atoms with Crippen LogP contribution < -0.4 is 20.1 Å². The van der Waals surface area contributed by atoms with E-state index in [2.05, 4.69) is 10.6 Å². The number of rotatable bonds is 5. The molecule has 5 rings (SSSR count). The molecule has 1 saturated heterocycles. The van der Waals surface area contributed by atoms with Gasteiger partial charge in [-0.25, -0.2) is 0 Å². The molecule has 1 aromatic carbocycles. The first-order valence-corrected chi connectivity index (χ1v) is 11.6. The molecule has 1 fully saturated rings. The van der Waals surface area contributed by atoms with Crippen LogP contribution in [0.25, 0.3) is 0 Å². The zero-order chi connectivity index (χ0) is 21.2. The molecular weight excluding hydrogens is 436 g/mol. The molecule has 7 nitrogen and oxygen atoms in total. The van der Waals surface area contributed by atoms with Crippen LogP contribution in [-0.4, -0.2) is 42.0 Å². The van der Waals surface area contributed by atoms with E-state index in [1.165, 1.54) is 16.0 Å². The maximum atomic E-state index is 13.5. The van der Waals surface area contributed by atoms with Gasteiger partial charge in [0.25, 0.3) is 5.91 Å². The van der Waals surface area contributed by atoms with E-state index in [1.807, 2.05) is 24.3 Å². The second-order valence-corrected chi connectivity index (χ2v) is 9.38. The zero-order valence-corrected chi connectivity index (χ0v) is 18.5. The van der Waals surface area contributed by atoms with Crippen molar-refractivity contribution in [1.82, 2.24) is 15.1 Å². The second-order valence-electron chi connectivity index (χ2n) is 7.58. The number of anilines is 1. The summed E-state index contributed by atoms with van der Waals surface area (Å²) >= 11 is 7.58. The van der Waals surface area contributed by atoms with Crippen molar-refractivity contribution in [3.8, 4) is 11.5 Å². The number of nitrogens with zero attached hydrogens (tertiary/aromatic N) is 2. The minimum atomic E-state index is -0.241. The largest absolute Gasteiger partial charge is 0.486 e. The van der Waals surface area contributed by atoms with E-state index >= 15 is 0 Å². The molecule has 0 radical (unpaired) electrons. The Kier molecular flexibility index (Phi) is 5.85. The summed E-state index contributed by atoms with van der Waals surface area (Å²) < 4.78 is 13.6. The highest BCUT2D eigenvalue weighted by molar-refractivity contribution is 7.16. The first-order valence-electron chi connectivity index (χ1n) is 10.4. The summed E-state index contributed by atoms with van der Waals surface area (Å²) in [7, 11) is 0. The number of halogens is 1. The van der Waals surface area contributed by atoms with Crippen LogP contribution in [0.15, 0.2) is 36.4 Å². The second kappa shape index (κ2) is 8.90. The topological polar surface area (TPSA) is 77.4 Å². The summed E-state index contributed by atoms with van der Waals surface area (Å²) in [5, 5.41) is 11.5. The van der Waals surface area contributed by atoms with Crippen LogP contribution in [0.2, 0.25) is 4.34 Å². The highest BCUT2D eigenvalue weighted by Gasteiger charge is 2.26. The molecule has 162 valence electrons. The molecule has 9 heteroatoms. The van der Waals surface area contributed by atoms with E-state index in [9.17, 15) is 4.79 Å². The Morgan fingerprint density at radius 2 is 2.06 bits per heavy atom. The Labute approximate surface area is 189 Å². The van der Waals surface area contributed by atoms with Crippen molar-refractivity contribution in [3.63, 3.8) is 0 Å². The van der Waals surface area contributed by atoms with Crippen molar-refractivity contribution in [1.29, 1.82) is 0 Å². The fourth-order valence-corrected chi connectivity index (χ4v) is 5.01. The molecule has 2 N–H and O–H groups in total. The van der Waals surface area contributed by atoms with Gasteiger partial charge in [0, 0.05) is 16.9 Å². The summed E-state index contributed by atoms with van der Waals surface area (Å²) in [6.45, 7) is 3.37. The van der Waals surface area contributed by atoms with E-state index in [1.54, 1.807) is 12.1 Å². The zero-order valence-electron chi connectivity index (χ0n) is 16.9. The standard InChI is InChI=1S/C22H23ClN4O3S/c23-19-5-4-15(31-19)13-25-20-12-17(14-6-8-24-9-7-14)26-27(20)22(28)16-2-1-3-18-21(16)30-11-10-29-18/h1-5,12,14,24-25H,6-11,13H2. The summed E-state index contributed by atoms with van der Waals surface area (Å²) in [6.07, 6.45) is 2.01. The van der Waals surface area contributed by atoms with Crippen LogP contribution in [0.1, 0.15) is 39.7 Å². The minimum absolute atomic E-state index is 0.241. The van der Waals surface area contributed by atoms with E-state index in [-0.39, 0.29) is 5.91 Å². The normalized spacial score (nSPS) is 16.3. The van der Waals surface area contributed by atoms with Gasteiger partial charge in [0.2, 0.25) is 0 Å². The van der Waals surface area contributed by atoms with Gasteiger partial charge in [-0.1, -0.05) is 17.7 Å². The molecule has 0 bridgehead atoms. The molecule has 0 unspecified atom stereocenters. The number of hydrogen-bond acceptors (Lipinski definition) is 7. The van der Waals surface area contributed by atoms with Crippen molar-refractivity contribution in [2.24, 2.45) is 0 Å². The first-order chi connectivity index (χ1) is 15.2. The van der Waals surface area contributed by atoms with Gasteiger partial charge in [-0.05, 0) is 50.2 Å². The molecular formula is C22H23ClN4O3S. The van der Waals surface area contributed by atoms with Crippen molar-refractivity contribution in [2.75, 3.05) is 31.6 Å². The molecule has 0 saturated carbocycles. The maximum absolute atomic E-state index is 13.5. The Balaban J connectivity index is 1.48. The van der Waals surface area contributed by atoms with Gasteiger partial charge in [-0.2, -0.15) is 9.78 Å². The molecule has 0 spiro atoms. The van der Waals surface area contributed by atoms with E-state index in [4.69, 9.17) is 26.2 Å². The number of para-hydroxylation sites is 1.